The second-order valence-corrected chi connectivity index (χ2v) is 9.72. The summed E-state index contributed by atoms with van der Waals surface area (Å²) in [5.41, 5.74) is 7.66. The molecule has 1 aliphatic heterocycles. The molecule has 2 atom stereocenters. The number of nitrogens with two attached hydrogens (primary N) is 1. The summed E-state index contributed by atoms with van der Waals surface area (Å²) in [5.74, 6) is 0.0856. The molecule has 1 saturated heterocycles. The van der Waals surface area contributed by atoms with Crippen LogP contribution in [0.15, 0.2) is 30.5 Å². The normalized spacial score (nSPS) is 17.9. The minimum absolute atomic E-state index is 0.0212. The van der Waals surface area contributed by atoms with Crippen molar-refractivity contribution in [2.75, 3.05) is 11.9 Å². The van der Waals surface area contributed by atoms with Crippen LogP contribution >= 0.6 is 34.5 Å². The summed E-state index contributed by atoms with van der Waals surface area (Å²) >= 11 is 13.9. The van der Waals surface area contributed by atoms with Gasteiger partial charge in [0.15, 0.2) is 5.13 Å². The Morgan fingerprint density at radius 2 is 1.97 bits per heavy atom. The maximum Gasteiger partial charge on any atom is 0.324 e. The largest absolute Gasteiger partial charge is 0.368 e. The number of thiazole rings is 1. The van der Waals surface area contributed by atoms with Crippen LogP contribution in [-0.2, 0) is 11.2 Å². The van der Waals surface area contributed by atoms with Crippen molar-refractivity contribution in [2.45, 2.75) is 32.7 Å². The van der Waals surface area contributed by atoms with Gasteiger partial charge in [-0.3, -0.25) is 10.1 Å². The number of rotatable bonds is 5. The van der Waals surface area contributed by atoms with Crippen LogP contribution in [0.25, 0.3) is 10.6 Å². The number of aromatic nitrogens is 3. The van der Waals surface area contributed by atoms with E-state index in [4.69, 9.17) is 28.9 Å². The lowest BCUT2D eigenvalue weighted by Crippen LogP contribution is -2.47. The van der Waals surface area contributed by atoms with E-state index >= 15 is 0 Å². The van der Waals surface area contributed by atoms with Crippen LogP contribution in [0.2, 0.25) is 10.0 Å². The summed E-state index contributed by atoms with van der Waals surface area (Å²) in [6.07, 6.45) is 2.78. The van der Waals surface area contributed by atoms with Crippen molar-refractivity contribution in [3.05, 3.63) is 57.6 Å². The molecule has 172 valence electrons. The van der Waals surface area contributed by atoms with Crippen molar-refractivity contribution < 1.29 is 9.59 Å². The number of halogens is 2. The van der Waals surface area contributed by atoms with E-state index in [0.717, 1.165) is 22.6 Å². The number of nitrogens with zero attached hydrogens (tertiary/aromatic N) is 4. The molecule has 3 N–H and O–H groups in total. The first-order valence-corrected chi connectivity index (χ1v) is 11.9. The zero-order chi connectivity index (χ0) is 23.7. The maximum absolute atomic E-state index is 12.8. The lowest BCUT2D eigenvalue weighted by molar-refractivity contribution is -0.122. The number of carbonyl (C=O) groups is 2. The first-order chi connectivity index (χ1) is 15.7. The van der Waals surface area contributed by atoms with Crippen molar-refractivity contribution >= 4 is 51.6 Å². The third kappa shape index (κ3) is 4.95. The Morgan fingerprint density at radius 1 is 1.24 bits per heavy atom. The third-order valence-electron chi connectivity index (χ3n) is 5.60. The lowest BCUT2D eigenvalue weighted by atomic mass is 10.0. The van der Waals surface area contributed by atoms with Gasteiger partial charge in [0.05, 0.1) is 16.3 Å². The van der Waals surface area contributed by atoms with E-state index in [-0.39, 0.29) is 11.9 Å². The molecule has 33 heavy (non-hydrogen) atoms. The van der Waals surface area contributed by atoms with Crippen molar-refractivity contribution in [1.29, 1.82) is 0 Å². The first-order valence-electron chi connectivity index (χ1n) is 10.3. The number of anilines is 1. The Hall–Kier alpha value is -2.75. The average molecular weight is 505 g/mol. The van der Waals surface area contributed by atoms with Crippen LogP contribution in [0, 0.1) is 12.8 Å². The van der Waals surface area contributed by atoms with Gasteiger partial charge in [0.1, 0.15) is 11.9 Å². The molecule has 3 amide bonds. The molecule has 0 saturated carbocycles. The fourth-order valence-corrected chi connectivity index (χ4v) is 5.39. The second kappa shape index (κ2) is 9.62. The van der Waals surface area contributed by atoms with Gasteiger partial charge in [-0.05, 0) is 43.0 Å². The summed E-state index contributed by atoms with van der Waals surface area (Å²) in [6, 6.07) is 6.12. The van der Waals surface area contributed by atoms with Gasteiger partial charge in [-0.1, -0.05) is 47.5 Å². The number of nitrogens with one attached hydrogen (secondary N) is 1. The smallest absolute Gasteiger partial charge is 0.324 e. The highest BCUT2D eigenvalue weighted by molar-refractivity contribution is 7.19. The van der Waals surface area contributed by atoms with E-state index in [1.807, 2.05) is 13.8 Å². The number of urea groups is 1. The van der Waals surface area contributed by atoms with Crippen LogP contribution < -0.4 is 11.1 Å². The van der Waals surface area contributed by atoms with Gasteiger partial charge in [0, 0.05) is 29.2 Å². The van der Waals surface area contributed by atoms with Gasteiger partial charge in [0.2, 0.25) is 5.91 Å². The second-order valence-electron chi connectivity index (χ2n) is 7.91. The molecule has 11 heteroatoms. The monoisotopic (exact) mass is 504 g/mol. The van der Waals surface area contributed by atoms with Gasteiger partial charge in [0.25, 0.3) is 0 Å². The van der Waals surface area contributed by atoms with E-state index in [1.165, 1.54) is 16.2 Å². The Bertz CT molecular complexity index is 1200. The zero-order valence-electron chi connectivity index (χ0n) is 18.0. The van der Waals surface area contributed by atoms with E-state index in [0.29, 0.717) is 39.7 Å². The van der Waals surface area contributed by atoms with E-state index in [9.17, 15) is 9.59 Å². The van der Waals surface area contributed by atoms with Crippen LogP contribution in [0.4, 0.5) is 9.93 Å². The fraction of sp³-hybridized carbons (Fsp3) is 0.318. The van der Waals surface area contributed by atoms with E-state index in [1.54, 1.807) is 30.5 Å². The number of amides is 3. The maximum atomic E-state index is 12.8. The highest BCUT2D eigenvalue weighted by atomic mass is 35.5. The molecule has 0 aliphatic carbocycles. The molecule has 3 aromatic rings. The third-order valence-corrected chi connectivity index (χ3v) is 7.40. The predicted octanol–water partition coefficient (Wildman–Crippen LogP) is 4.53. The fourth-order valence-electron chi connectivity index (χ4n) is 3.93. The zero-order valence-corrected chi connectivity index (χ0v) is 20.3. The first kappa shape index (κ1) is 23.4. The quantitative estimate of drug-likeness (QED) is 0.529. The number of hydrogen-bond acceptors (Lipinski definition) is 6. The predicted molar refractivity (Wildman–Crippen MR) is 130 cm³/mol. The van der Waals surface area contributed by atoms with Crippen molar-refractivity contribution in [1.82, 2.24) is 19.9 Å². The molecule has 1 aromatic carbocycles. The van der Waals surface area contributed by atoms with Gasteiger partial charge in [-0.15, -0.1) is 0 Å². The van der Waals surface area contributed by atoms with Crippen molar-refractivity contribution in [3.63, 3.8) is 0 Å². The average Bonchev–Trinajstić information content (AvgIpc) is 3.33. The molecule has 2 aromatic heterocycles. The molecule has 1 fully saturated rings. The molecule has 0 bridgehead atoms. The Kier molecular flexibility index (Phi) is 6.83. The molecule has 0 unspecified atom stereocenters. The molecule has 0 radical (unpaired) electrons. The summed E-state index contributed by atoms with van der Waals surface area (Å²) in [4.78, 5) is 40.3. The number of aryl methyl sites for hydroxylation is 1. The van der Waals surface area contributed by atoms with Crippen LogP contribution in [0.5, 0.6) is 0 Å². The number of benzene rings is 1. The summed E-state index contributed by atoms with van der Waals surface area (Å²) in [6.45, 7) is 4.23. The highest BCUT2D eigenvalue weighted by Gasteiger charge is 2.38. The van der Waals surface area contributed by atoms with Crippen LogP contribution in [-0.4, -0.2) is 44.4 Å². The molecular formula is C22H22Cl2N6O2S. The van der Waals surface area contributed by atoms with Crippen LogP contribution in [0.3, 0.4) is 0 Å². The van der Waals surface area contributed by atoms with E-state index in [2.05, 4.69) is 20.3 Å². The van der Waals surface area contributed by atoms with Gasteiger partial charge in [-0.2, -0.15) is 0 Å². The molecule has 1 aliphatic rings. The van der Waals surface area contributed by atoms with Crippen molar-refractivity contribution in [2.24, 2.45) is 11.7 Å². The Morgan fingerprint density at radius 3 is 2.67 bits per heavy atom. The Labute approximate surface area is 205 Å². The molecular weight excluding hydrogens is 483 g/mol. The summed E-state index contributed by atoms with van der Waals surface area (Å²) in [5, 5.41) is 4.33. The standard InChI is InChI=1S/C22H22Cl2N6O2S/c1-11-7-9-30(18(11)20(25)31)22(32)29-21-27-12(2)19(33-21)16-6-8-26-17(28-16)10-13-14(23)4-3-5-15(13)24/h3-6,8,11,18H,7,9-10H2,1-2H3,(H2,25,31)(H,27,29,32)/t11-,18-/m0/s1. The molecule has 3 heterocycles. The highest BCUT2D eigenvalue weighted by Crippen LogP contribution is 2.33. The minimum Gasteiger partial charge on any atom is -0.368 e. The summed E-state index contributed by atoms with van der Waals surface area (Å²) < 4.78 is 0. The van der Waals surface area contributed by atoms with Gasteiger partial charge >= 0.3 is 6.03 Å². The summed E-state index contributed by atoms with van der Waals surface area (Å²) in [7, 11) is 0. The molecule has 4 rings (SSSR count). The Balaban J connectivity index is 1.54. The number of primary amides is 1. The number of hydrogen-bond donors (Lipinski definition) is 2. The van der Waals surface area contributed by atoms with Crippen LogP contribution in [0.1, 0.15) is 30.4 Å². The SMILES string of the molecule is Cc1nc(NC(=O)N2CC[C@H](C)[C@H]2C(N)=O)sc1-c1ccnc(Cc2c(Cl)cccc2Cl)n1. The lowest BCUT2D eigenvalue weighted by Gasteiger charge is -2.23. The van der Waals surface area contributed by atoms with Gasteiger partial charge < -0.3 is 10.6 Å². The van der Waals surface area contributed by atoms with Crippen molar-refractivity contribution in [3.8, 4) is 10.6 Å². The topological polar surface area (TPSA) is 114 Å². The molecule has 0 spiro atoms. The van der Waals surface area contributed by atoms with E-state index < -0.39 is 11.9 Å². The van der Waals surface area contributed by atoms with Gasteiger partial charge in [-0.25, -0.2) is 19.7 Å². The number of carbonyl (C=O) groups excluding carboxylic acids is 2. The number of likely N-dealkylation sites (tertiary alicyclic amines) is 1. The minimum atomic E-state index is -0.619. The molecule has 8 nitrogen and oxygen atoms in total.